The van der Waals surface area contributed by atoms with Crippen molar-refractivity contribution in [1.29, 1.82) is 0 Å². The number of hydrazone groups is 2. The zero-order valence-electron chi connectivity index (χ0n) is 18.5. The lowest BCUT2D eigenvalue weighted by atomic mass is 10.1. The Morgan fingerprint density at radius 1 is 1.03 bits per heavy atom. The van der Waals surface area contributed by atoms with Gasteiger partial charge in [0.05, 0.1) is 24.1 Å². The molecule has 1 amide bonds. The summed E-state index contributed by atoms with van der Waals surface area (Å²) in [5.41, 5.74) is 6.20. The number of nitrogens with one attached hydrogen (secondary N) is 1. The average molecular weight is 483 g/mol. The van der Waals surface area contributed by atoms with Crippen molar-refractivity contribution in [3.05, 3.63) is 95.6 Å². The third-order valence-corrected chi connectivity index (χ3v) is 5.93. The molecular weight excluding hydrogens is 464 g/mol. The summed E-state index contributed by atoms with van der Waals surface area (Å²) >= 11 is 1.30. The highest BCUT2D eigenvalue weighted by Gasteiger charge is 2.36. The highest BCUT2D eigenvalue weighted by atomic mass is 32.1. The minimum Gasteiger partial charge on any atom is -0.465 e. The van der Waals surface area contributed by atoms with Gasteiger partial charge >= 0.3 is 11.9 Å². The van der Waals surface area contributed by atoms with E-state index in [4.69, 9.17) is 4.74 Å². The van der Waals surface area contributed by atoms with Crippen molar-refractivity contribution >= 4 is 45.5 Å². The summed E-state index contributed by atoms with van der Waals surface area (Å²) in [4.78, 5) is 34.3. The van der Waals surface area contributed by atoms with Gasteiger partial charge in [-0.25, -0.2) is 9.78 Å². The molecule has 0 spiro atoms. The van der Waals surface area contributed by atoms with Crippen LogP contribution >= 0.6 is 11.3 Å². The first-order chi connectivity index (χ1) is 17.2. The number of hydrogen-bond acceptors (Lipinski definition) is 9. The van der Waals surface area contributed by atoms with E-state index in [1.807, 2.05) is 35.7 Å². The molecule has 0 unspecified atom stereocenters. The lowest BCUT2D eigenvalue weighted by Crippen LogP contribution is -2.28. The van der Waals surface area contributed by atoms with Crippen LogP contribution in [0.3, 0.4) is 0 Å². The summed E-state index contributed by atoms with van der Waals surface area (Å²) < 4.78 is 4.83. The van der Waals surface area contributed by atoms with Crippen LogP contribution < -0.4 is 10.4 Å². The zero-order chi connectivity index (χ0) is 24.2. The van der Waals surface area contributed by atoms with E-state index in [9.17, 15) is 9.59 Å². The average Bonchev–Trinajstić information content (AvgIpc) is 3.53. The second-order valence-corrected chi connectivity index (χ2v) is 8.13. The number of ether oxygens (including phenoxy) is 1. The molecule has 1 aliphatic rings. The second kappa shape index (κ2) is 9.65. The molecule has 0 aliphatic carbocycles. The highest BCUT2D eigenvalue weighted by Crippen LogP contribution is 2.30. The van der Waals surface area contributed by atoms with E-state index in [0.717, 1.165) is 11.3 Å². The first-order valence-electron chi connectivity index (χ1n) is 10.5. The number of carbonyl (C=O) groups is 2. The van der Waals surface area contributed by atoms with Crippen LogP contribution in [0.25, 0.3) is 11.3 Å². The number of thiazole rings is 1. The molecule has 3 heterocycles. The van der Waals surface area contributed by atoms with Crippen LogP contribution in [0.5, 0.6) is 0 Å². The predicted octanol–water partition coefficient (Wildman–Crippen LogP) is 4.21. The minimum atomic E-state index is -0.523. The van der Waals surface area contributed by atoms with E-state index in [1.54, 1.807) is 48.8 Å². The van der Waals surface area contributed by atoms with Gasteiger partial charge in [0, 0.05) is 28.9 Å². The van der Waals surface area contributed by atoms with E-state index < -0.39 is 11.9 Å². The number of anilines is 2. The third-order valence-electron chi connectivity index (χ3n) is 5.12. The first kappa shape index (κ1) is 22.1. The quantitative estimate of drug-likeness (QED) is 0.326. The topological polar surface area (TPSA) is 109 Å². The van der Waals surface area contributed by atoms with E-state index >= 15 is 0 Å². The molecule has 4 aromatic rings. The van der Waals surface area contributed by atoms with Gasteiger partial charge in [-0.15, -0.1) is 11.3 Å². The number of nitrogens with zero attached hydrogens (tertiary/aromatic N) is 5. The molecule has 35 heavy (non-hydrogen) atoms. The molecule has 0 fully saturated rings. The van der Waals surface area contributed by atoms with Crippen molar-refractivity contribution in [2.24, 2.45) is 10.2 Å². The Bertz CT molecular complexity index is 1450. The lowest BCUT2D eigenvalue weighted by Gasteiger charge is -2.08. The smallest absolute Gasteiger partial charge is 0.340 e. The zero-order valence-corrected chi connectivity index (χ0v) is 19.3. The Balaban J connectivity index is 1.51. The van der Waals surface area contributed by atoms with Crippen LogP contribution in [0.15, 0.2) is 94.7 Å². The number of hydrogen-bond donors (Lipinski definition) is 1. The van der Waals surface area contributed by atoms with E-state index in [2.05, 4.69) is 25.6 Å². The van der Waals surface area contributed by atoms with Crippen molar-refractivity contribution in [2.75, 3.05) is 17.5 Å². The largest absolute Gasteiger partial charge is 0.465 e. The molecule has 0 radical (unpaired) electrons. The van der Waals surface area contributed by atoms with E-state index in [-0.39, 0.29) is 11.3 Å². The van der Waals surface area contributed by atoms with Gasteiger partial charge in [-0.05, 0) is 24.3 Å². The molecule has 10 heteroatoms. The van der Waals surface area contributed by atoms with Crippen LogP contribution in [0, 0.1) is 0 Å². The lowest BCUT2D eigenvalue weighted by molar-refractivity contribution is -0.112. The normalized spacial score (nSPS) is 14.2. The summed E-state index contributed by atoms with van der Waals surface area (Å²) in [5.74, 6) is -0.981. The maximum atomic E-state index is 13.4. The first-order valence-corrected chi connectivity index (χ1v) is 11.4. The summed E-state index contributed by atoms with van der Waals surface area (Å²) in [7, 11) is 1.30. The van der Waals surface area contributed by atoms with Gasteiger partial charge in [0.2, 0.25) is 5.13 Å². The monoisotopic (exact) mass is 482 g/mol. The molecule has 5 rings (SSSR count). The summed E-state index contributed by atoms with van der Waals surface area (Å²) in [6.45, 7) is 0. The van der Waals surface area contributed by atoms with Gasteiger partial charge in [-0.3, -0.25) is 15.2 Å². The number of para-hydroxylation sites is 1. The van der Waals surface area contributed by atoms with Crippen molar-refractivity contribution in [3.63, 3.8) is 0 Å². The molecular formula is C25H18N6O3S. The number of carbonyl (C=O) groups excluding carboxylic acids is 2. The Kier molecular flexibility index (Phi) is 6.10. The number of esters is 1. The number of aromatic nitrogens is 2. The van der Waals surface area contributed by atoms with E-state index in [1.165, 1.54) is 23.5 Å². The third kappa shape index (κ3) is 4.42. The van der Waals surface area contributed by atoms with Gasteiger partial charge in [0.1, 0.15) is 5.71 Å². The second-order valence-electron chi connectivity index (χ2n) is 7.30. The number of benzene rings is 2. The minimum absolute atomic E-state index is 0.0640. The van der Waals surface area contributed by atoms with Gasteiger partial charge in [0.15, 0.2) is 5.71 Å². The Labute approximate surface area is 204 Å². The van der Waals surface area contributed by atoms with Crippen molar-refractivity contribution < 1.29 is 14.3 Å². The van der Waals surface area contributed by atoms with Crippen LogP contribution in [-0.4, -0.2) is 40.4 Å². The molecule has 2 aromatic heterocycles. The Hall–Kier alpha value is -4.70. The van der Waals surface area contributed by atoms with Crippen molar-refractivity contribution in [1.82, 2.24) is 9.97 Å². The van der Waals surface area contributed by atoms with Crippen molar-refractivity contribution in [2.45, 2.75) is 0 Å². The van der Waals surface area contributed by atoms with Gasteiger partial charge < -0.3 is 4.74 Å². The maximum Gasteiger partial charge on any atom is 0.340 e. The number of amides is 1. The maximum absolute atomic E-state index is 13.4. The molecule has 172 valence electrons. The summed E-state index contributed by atoms with van der Waals surface area (Å²) in [5, 5.41) is 12.4. The van der Waals surface area contributed by atoms with Gasteiger partial charge in [-0.1, -0.05) is 42.5 Å². The molecule has 9 nitrogen and oxygen atoms in total. The fourth-order valence-corrected chi connectivity index (χ4v) is 4.19. The molecule has 0 bridgehead atoms. The predicted molar refractivity (Wildman–Crippen MR) is 135 cm³/mol. The molecule has 1 aliphatic heterocycles. The van der Waals surface area contributed by atoms with Crippen molar-refractivity contribution in [3.8, 4) is 11.3 Å². The number of rotatable bonds is 6. The molecule has 2 aromatic carbocycles. The standard InChI is InChI=1S/C25H18N6O3S/c1-34-24(33)18-11-5-6-12-19(18)28-29-22-21(17-10-7-13-26-14-17)30-31(23(22)32)25-27-20(15-35-25)16-8-3-2-4-9-16/h2-15,28H,1H3/b29-22-. The Morgan fingerprint density at radius 3 is 2.57 bits per heavy atom. The number of pyridine rings is 1. The SMILES string of the molecule is COC(=O)c1ccccc1N/N=C1\C(=O)N(c2nc(-c3ccccc3)cs2)N=C1c1cccnc1. The summed E-state index contributed by atoms with van der Waals surface area (Å²) in [6.07, 6.45) is 3.23. The Morgan fingerprint density at radius 2 is 1.80 bits per heavy atom. The molecule has 1 N–H and O–H groups in total. The number of methoxy groups -OCH3 is 1. The van der Waals surface area contributed by atoms with E-state index in [0.29, 0.717) is 22.1 Å². The van der Waals surface area contributed by atoms with Crippen LogP contribution in [0.2, 0.25) is 0 Å². The molecule has 0 saturated heterocycles. The fourth-order valence-electron chi connectivity index (χ4n) is 3.41. The van der Waals surface area contributed by atoms with Crippen LogP contribution in [0.4, 0.5) is 10.8 Å². The van der Waals surface area contributed by atoms with Gasteiger partial charge in [-0.2, -0.15) is 15.2 Å². The molecule has 0 saturated carbocycles. The van der Waals surface area contributed by atoms with Crippen LogP contribution in [0.1, 0.15) is 15.9 Å². The molecule has 0 atom stereocenters. The highest BCUT2D eigenvalue weighted by molar-refractivity contribution is 7.14. The summed E-state index contributed by atoms with van der Waals surface area (Å²) in [6, 6.07) is 19.9. The van der Waals surface area contributed by atoms with Gasteiger partial charge in [0.25, 0.3) is 0 Å². The fraction of sp³-hybridized carbons (Fsp3) is 0.0400. The van der Waals surface area contributed by atoms with Crippen LogP contribution in [-0.2, 0) is 9.53 Å².